The van der Waals surface area contributed by atoms with E-state index in [0.717, 1.165) is 37.2 Å². The molecular formula is C22H29N3O3S. The van der Waals surface area contributed by atoms with Crippen molar-refractivity contribution in [2.45, 2.75) is 24.2 Å². The molecule has 0 spiro atoms. The van der Waals surface area contributed by atoms with Gasteiger partial charge in [0.2, 0.25) is 15.9 Å². The number of amides is 1. The molecule has 0 aromatic heterocycles. The predicted octanol–water partition coefficient (Wildman–Crippen LogP) is 2.51. The van der Waals surface area contributed by atoms with E-state index in [-0.39, 0.29) is 5.91 Å². The first kappa shape index (κ1) is 21.3. The number of piperidine rings is 1. The van der Waals surface area contributed by atoms with Crippen LogP contribution >= 0.6 is 0 Å². The second-order valence-electron chi connectivity index (χ2n) is 7.68. The predicted molar refractivity (Wildman–Crippen MR) is 115 cm³/mol. The van der Waals surface area contributed by atoms with Gasteiger partial charge in [-0.1, -0.05) is 30.3 Å². The molecule has 29 heavy (non-hydrogen) atoms. The Labute approximate surface area is 173 Å². The topological polar surface area (TPSA) is 69.7 Å². The second-order valence-corrected chi connectivity index (χ2v) is 9.83. The number of hydrogen-bond acceptors (Lipinski definition) is 4. The average molecular weight is 416 g/mol. The Balaban J connectivity index is 1.46. The van der Waals surface area contributed by atoms with Crippen molar-refractivity contribution >= 4 is 21.6 Å². The fraction of sp³-hybridized carbons (Fsp3) is 0.409. The quantitative estimate of drug-likeness (QED) is 0.754. The summed E-state index contributed by atoms with van der Waals surface area (Å²) >= 11 is 0. The Morgan fingerprint density at radius 1 is 1.03 bits per heavy atom. The van der Waals surface area contributed by atoms with Crippen LogP contribution in [0.15, 0.2) is 59.5 Å². The highest BCUT2D eigenvalue weighted by Gasteiger charge is 2.21. The van der Waals surface area contributed by atoms with Crippen LogP contribution in [-0.4, -0.2) is 52.4 Å². The van der Waals surface area contributed by atoms with Crippen molar-refractivity contribution in [1.82, 2.24) is 9.62 Å². The normalized spacial score (nSPS) is 15.5. The monoisotopic (exact) mass is 415 g/mol. The summed E-state index contributed by atoms with van der Waals surface area (Å²) in [7, 11) is -0.328. The molecule has 6 nitrogen and oxygen atoms in total. The van der Waals surface area contributed by atoms with Crippen LogP contribution in [0.3, 0.4) is 0 Å². The summed E-state index contributed by atoms with van der Waals surface area (Å²) in [6, 6.07) is 16.9. The fourth-order valence-electron chi connectivity index (χ4n) is 3.54. The molecule has 7 heteroatoms. The van der Waals surface area contributed by atoms with E-state index >= 15 is 0 Å². The van der Waals surface area contributed by atoms with Gasteiger partial charge in [-0.2, -0.15) is 0 Å². The molecule has 1 aliphatic rings. The van der Waals surface area contributed by atoms with Crippen molar-refractivity contribution in [2.75, 3.05) is 38.6 Å². The average Bonchev–Trinajstić information content (AvgIpc) is 2.73. The first-order valence-electron chi connectivity index (χ1n) is 9.94. The van der Waals surface area contributed by atoms with E-state index in [9.17, 15) is 13.2 Å². The lowest BCUT2D eigenvalue weighted by Gasteiger charge is -2.33. The lowest BCUT2D eigenvalue weighted by Crippen LogP contribution is -2.39. The molecule has 2 aromatic carbocycles. The SMILES string of the molecule is CN(C)S(=O)(=O)c1ccc(N2CCC(CNC(=O)Cc3ccccc3)CC2)cc1. The molecule has 0 aliphatic carbocycles. The molecule has 0 atom stereocenters. The molecule has 3 rings (SSSR count). The third-order valence-corrected chi connectivity index (χ3v) is 7.22. The minimum atomic E-state index is -3.40. The van der Waals surface area contributed by atoms with Crippen LogP contribution in [0.1, 0.15) is 18.4 Å². The van der Waals surface area contributed by atoms with E-state index in [4.69, 9.17) is 0 Å². The number of benzene rings is 2. The Morgan fingerprint density at radius 2 is 1.66 bits per heavy atom. The highest BCUT2D eigenvalue weighted by atomic mass is 32.2. The van der Waals surface area contributed by atoms with Gasteiger partial charge < -0.3 is 10.2 Å². The van der Waals surface area contributed by atoms with Crippen LogP contribution in [0.25, 0.3) is 0 Å². The van der Waals surface area contributed by atoms with Crippen LogP contribution in [0, 0.1) is 5.92 Å². The number of nitrogens with one attached hydrogen (secondary N) is 1. The molecule has 1 saturated heterocycles. The number of anilines is 1. The number of carbonyl (C=O) groups is 1. The zero-order valence-electron chi connectivity index (χ0n) is 17.0. The standard InChI is InChI=1S/C22H29N3O3S/c1-24(2)29(27,28)21-10-8-20(9-11-21)25-14-12-19(13-15-25)17-23-22(26)16-18-6-4-3-5-7-18/h3-11,19H,12-17H2,1-2H3,(H,23,26). The number of rotatable bonds is 7. The van der Waals surface area contributed by atoms with E-state index in [2.05, 4.69) is 10.2 Å². The van der Waals surface area contributed by atoms with Crippen molar-refractivity contribution in [3.05, 3.63) is 60.2 Å². The Hall–Kier alpha value is -2.38. The summed E-state index contributed by atoms with van der Waals surface area (Å²) < 4.78 is 25.6. The summed E-state index contributed by atoms with van der Waals surface area (Å²) in [4.78, 5) is 14.7. The van der Waals surface area contributed by atoms with Crippen LogP contribution in [-0.2, 0) is 21.2 Å². The van der Waals surface area contributed by atoms with E-state index in [1.807, 2.05) is 42.5 Å². The first-order valence-corrected chi connectivity index (χ1v) is 11.4. The zero-order valence-corrected chi connectivity index (χ0v) is 17.9. The molecule has 1 heterocycles. The van der Waals surface area contributed by atoms with Gasteiger partial charge in [-0.3, -0.25) is 4.79 Å². The molecule has 1 amide bonds. The molecule has 0 bridgehead atoms. The minimum absolute atomic E-state index is 0.0660. The summed E-state index contributed by atoms with van der Waals surface area (Å²) in [6.07, 6.45) is 2.43. The number of nitrogens with zero attached hydrogens (tertiary/aromatic N) is 2. The van der Waals surface area contributed by atoms with E-state index in [1.54, 1.807) is 12.1 Å². The Morgan fingerprint density at radius 3 is 2.24 bits per heavy atom. The van der Waals surface area contributed by atoms with Gasteiger partial charge in [0.25, 0.3) is 0 Å². The van der Waals surface area contributed by atoms with Crippen molar-refractivity contribution < 1.29 is 13.2 Å². The van der Waals surface area contributed by atoms with Crippen molar-refractivity contribution in [3.8, 4) is 0 Å². The summed E-state index contributed by atoms with van der Waals surface area (Å²) in [5.74, 6) is 0.538. The highest BCUT2D eigenvalue weighted by molar-refractivity contribution is 7.89. The third-order valence-electron chi connectivity index (χ3n) is 5.39. The van der Waals surface area contributed by atoms with Gasteiger partial charge in [-0.15, -0.1) is 0 Å². The van der Waals surface area contributed by atoms with Crippen molar-refractivity contribution in [1.29, 1.82) is 0 Å². The minimum Gasteiger partial charge on any atom is -0.372 e. The molecule has 0 saturated carbocycles. The fourth-order valence-corrected chi connectivity index (χ4v) is 4.44. The largest absolute Gasteiger partial charge is 0.372 e. The van der Waals surface area contributed by atoms with Crippen LogP contribution in [0.2, 0.25) is 0 Å². The lowest BCUT2D eigenvalue weighted by atomic mass is 9.96. The maximum atomic E-state index is 12.2. The van der Waals surface area contributed by atoms with E-state index < -0.39 is 10.0 Å². The molecule has 1 N–H and O–H groups in total. The maximum absolute atomic E-state index is 12.2. The molecule has 1 aliphatic heterocycles. The summed E-state index contributed by atoms with van der Waals surface area (Å²) in [5.41, 5.74) is 2.06. The zero-order chi connectivity index (χ0) is 20.9. The Bertz CT molecular complexity index is 904. The van der Waals surface area contributed by atoms with Crippen LogP contribution in [0.4, 0.5) is 5.69 Å². The molecule has 1 fully saturated rings. The van der Waals surface area contributed by atoms with Crippen LogP contribution < -0.4 is 10.2 Å². The van der Waals surface area contributed by atoms with Crippen molar-refractivity contribution in [2.24, 2.45) is 5.92 Å². The Kier molecular flexibility index (Phi) is 6.92. The molecule has 0 radical (unpaired) electrons. The first-order chi connectivity index (χ1) is 13.9. The summed E-state index contributed by atoms with van der Waals surface area (Å²) in [6.45, 7) is 2.51. The van der Waals surface area contributed by atoms with E-state index in [1.165, 1.54) is 18.4 Å². The lowest BCUT2D eigenvalue weighted by molar-refractivity contribution is -0.120. The smallest absolute Gasteiger partial charge is 0.242 e. The third kappa shape index (κ3) is 5.58. The number of hydrogen-bond donors (Lipinski definition) is 1. The second kappa shape index (κ2) is 9.41. The molecule has 2 aromatic rings. The van der Waals surface area contributed by atoms with Gasteiger partial charge in [0.1, 0.15) is 0 Å². The number of carbonyl (C=O) groups excluding carboxylic acids is 1. The van der Waals surface area contributed by atoms with Gasteiger partial charge in [0.15, 0.2) is 0 Å². The van der Waals surface area contributed by atoms with Gasteiger partial charge >= 0.3 is 0 Å². The van der Waals surface area contributed by atoms with Gasteiger partial charge in [-0.05, 0) is 48.6 Å². The van der Waals surface area contributed by atoms with Gasteiger partial charge in [0, 0.05) is 39.4 Å². The number of sulfonamides is 1. The van der Waals surface area contributed by atoms with Gasteiger partial charge in [-0.25, -0.2) is 12.7 Å². The van der Waals surface area contributed by atoms with E-state index in [0.29, 0.717) is 23.8 Å². The van der Waals surface area contributed by atoms with Crippen LogP contribution in [0.5, 0.6) is 0 Å². The molecule has 156 valence electrons. The molecular weight excluding hydrogens is 386 g/mol. The maximum Gasteiger partial charge on any atom is 0.242 e. The van der Waals surface area contributed by atoms with Gasteiger partial charge in [0.05, 0.1) is 11.3 Å². The molecule has 0 unspecified atom stereocenters. The van der Waals surface area contributed by atoms with Crippen molar-refractivity contribution in [3.63, 3.8) is 0 Å². The highest BCUT2D eigenvalue weighted by Crippen LogP contribution is 2.25. The summed E-state index contributed by atoms with van der Waals surface area (Å²) in [5, 5.41) is 3.06.